The molecule has 9 nitrogen and oxygen atoms in total. The molecule has 224 valence electrons. The van der Waals surface area contributed by atoms with E-state index in [0.29, 0.717) is 34.8 Å². The molecule has 0 spiro atoms. The Balaban J connectivity index is 1.68. The second kappa shape index (κ2) is 13.5. The summed E-state index contributed by atoms with van der Waals surface area (Å²) in [5.74, 6) is -1.68. The number of rotatable bonds is 9. The van der Waals surface area contributed by atoms with Gasteiger partial charge in [-0.25, -0.2) is 9.59 Å². The number of halogens is 3. The lowest BCUT2D eigenvalue weighted by Gasteiger charge is -2.19. The van der Waals surface area contributed by atoms with E-state index in [1.165, 1.54) is 19.2 Å². The van der Waals surface area contributed by atoms with Crippen molar-refractivity contribution in [2.45, 2.75) is 39.0 Å². The summed E-state index contributed by atoms with van der Waals surface area (Å²) in [7, 11) is 1.20. The standard InChI is InChI=1S/C29H30F3N3O6S/c1-28(2,3)41-27(39)34-13-5-12-33-25(37)23-11-10-22(42-23)18-14-19(26(38)40-4)16-21(15-18)35-24(36)17-6-8-20(9-7-17)29(30,31)32/h6-11,14-16H,5,12-13H2,1-4H3,(H,33,37)(H,34,39)(H,35,36). The molecule has 2 aromatic carbocycles. The fourth-order valence-corrected chi connectivity index (χ4v) is 4.50. The minimum absolute atomic E-state index is 0.00982. The summed E-state index contributed by atoms with van der Waals surface area (Å²) in [6, 6.07) is 11.5. The first-order valence-electron chi connectivity index (χ1n) is 12.7. The molecule has 3 amide bonds. The van der Waals surface area contributed by atoms with Crippen LogP contribution in [0.3, 0.4) is 0 Å². The molecular formula is C29H30F3N3O6S. The number of benzene rings is 2. The van der Waals surface area contributed by atoms with E-state index in [1.54, 1.807) is 39.0 Å². The fourth-order valence-electron chi connectivity index (χ4n) is 3.59. The quantitative estimate of drug-likeness (QED) is 0.200. The topological polar surface area (TPSA) is 123 Å². The maximum Gasteiger partial charge on any atom is 0.416 e. The first kappa shape index (κ1) is 32.1. The smallest absolute Gasteiger partial charge is 0.416 e. The Hall–Kier alpha value is -4.39. The number of carbonyl (C=O) groups is 4. The van der Waals surface area contributed by atoms with Crippen molar-refractivity contribution >= 4 is 40.9 Å². The Morgan fingerprint density at radius 2 is 1.50 bits per heavy atom. The van der Waals surface area contributed by atoms with E-state index >= 15 is 0 Å². The first-order valence-corrected chi connectivity index (χ1v) is 13.6. The van der Waals surface area contributed by atoms with Gasteiger partial charge in [-0.15, -0.1) is 11.3 Å². The molecule has 0 radical (unpaired) electrons. The largest absolute Gasteiger partial charge is 0.465 e. The zero-order chi connectivity index (χ0) is 31.1. The zero-order valence-electron chi connectivity index (χ0n) is 23.3. The van der Waals surface area contributed by atoms with Crippen molar-refractivity contribution in [2.24, 2.45) is 0 Å². The van der Waals surface area contributed by atoms with E-state index in [4.69, 9.17) is 9.47 Å². The number of amides is 3. The molecule has 0 aliphatic rings. The third-order valence-corrected chi connectivity index (χ3v) is 6.64. The van der Waals surface area contributed by atoms with E-state index in [0.717, 1.165) is 35.6 Å². The van der Waals surface area contributed by atoms with Gasteiger partial charge >= 0.3 is 18.2 Å². The van der Waals surface area contributed by atoms with E-state index < -0.39 is 35.3 Å². The summed E-state index contributed by atoms with van der Waals surface area (Å²) in [6.07, 6.45) is -4.60. The molecule has 0 unspecified atom stereocenters. The van der Waals surface area contributed by atoms with Crippen molar-refractivity contribution in [3.05, 3.63) is 76.2 Å². The van der Waals surface area contributed by atoms with Gasteiger partial charge < -0.3 is 25.4 Å². The number of hydrogen-bond acceptors (Lipinski definition) is 7. The van der Waals surface area contributed by atoms with Crippen LogP contribution < -0.4 is 16.0 Å². The number of nitrogens with one attached hydrogen (secondary N) is 3. The molecule has 13 heteroatoms. The number of alkyl halides is 3. The van der Waals surface area contributed by atoms with Crippen LogP contribution in [0.15, 0.2) is 54.6 Å². The van der Waals surface area contributed by atoms with E-state index in [-0.39, 0.29) is 22.7 Å². The lowest BCUT2D eigenvalue weighted by molar-refractivity contribution is -0.137. The van der Waals surface area contributed by atoms with Crippen LogP contribution in [0.4, 0.5) is 23.7 Å². The Morgan fingerprint density at radius 1 is 0.833 bits per heavy atom. The molecule has 0 saturated carbocycles. The summed E-state index contributed by atoms with van der Waals surface area (Å²) in [6.45, 7) is 5.89. The normalized spacial score (nSPS) is 11.4. The van der Waals surface area contributed by atoms with Crippen molar-refractivity contribution < 1.29 is 41.8 Å². The molecule has 3 rings (SSSR count). The van der Waals surface area contributed by atoms with Gasteiger partial charge in [0, 0.05) is 29.2 Å². The van der Waals surface area contributed by atoms with Crippen molar-refractivity contribution in [3.63, 3.8) is 0 Å². The van der Waals surface area contributed by atoms with Crippen LogP contribution >= 0.6 is 11.3 Å². The average molecular weight is 606 g/mol. The SMILES string of the molecule is COC(=O)c1cc(NC(=O)c2ccc(C(F)(F)F)cc2)cc(-c2ccc(C(=O)NCCCNC(=O)OC(C)(C)C)s2)c1. The molecule has 0 aliphatic heterocycles. The summed E-state index contributed by atoms with van der Waals surface area (Å²) in [5.41, 5.74) is -0.673. The number of anilines is 1. The van der Waals surface area contributed by atoms with E-state index in [1.807, 2.05) is 0 Å². The highest BCUT2D eigenvalue weighted by atomic mass is 32.1. The maximum absolute atomic E-state index is 12.9. The van der Waals surface area contributed by atoms with Crippen LogP contribution in [0.2, 0.25) is 0 Å². The minimum Gasteiger partial charge on any atom is -0.465 e. The van der Waals surface area contributed by atoms with Crippen molar-refractivity contribution in [2.75, 3.05) is 25.5 Å². The number of esters is 1. The van der Waals surface area contributed by atoms with Crippen LogP contribution in [0.1, 0.15) is 63.1 Å². The highest BCUT2D eigenvalue weighted by Crippen LogP contribution is 2.32. The monoisotopic (exact) mass is 605 g/mol. The molecule has 3 N–H and O–H groups in total. The third kappa shape index (κ3) is 9.33. The first-order chi connectivity index (χ1) is 19.7. The van der Waals surface area contributed by atoms with Crippen LogP contribution in [0.25, 0.3) is 10.4 Å². The third-order valence-electron chi connectivity index (χ3n) is 5.51. The molecular weight excluding hydrogens is 575 g/mol. The van der Waals surface area contributed by atoms with Gasteiger partial charge in [0.1, 0.15) is 5.60 Å². The van der Waals surface area contributed by atoms with Gasteiger partial charge in [-0.1, -0.05) is 0 Å². The zero-order valence-corrected chi connectivity index (χ0v) is 24.1. The average Bonchev–Trinajstić information content (AvgIpc) is 3.41. The fraction of sp³-hybridized carbons (Fsp3) is 0.310. The van der Waals surface area contributed by atoms with Gasteiger partial charge in [0.15, 0.2) is 0 Å². The predicted octanol–water partition coefficient (Wildman–Crippen LogP) is 6.12. The second-order valence-corrected chi connectivity index (χ2v) is 11.1. The van der Waals surface area contributed by atoms with Crippen LogP contribution in [0, 0.1) is 0 Å². The Labute approximate surface area is 244 Å². The van der Waals surface area contributed by atoms with Crippen LogP contribution in [-0.2, 0) is 15.7 Å². The highest BCUT2D eigenvalue weighted by Gasteiger charge is 2.30. The minimum atomic E-state index is -4.53. The van der Waals surface area contributed by atoms with E-state index in [9.17, 15) is 32.3 Å². The van der Waals surface area contributed by atoms with Crippen molar-refractivity contribution in [1.82, 2.24) is 10.6 Å². The Morgan fingerprint density at radius 3 is 2.12 bits per heavy atom. The van der Waals surface area contributed by atoms with Gasteiger partial charge in [-0.3, -0.25) is 9.59 Å². The lowest BCUT2D eigenvalue weighted by Crippen LogP contribution is -2.34. The Kier molecular flexibility index (Phi) is 10.3. The lowest BCUT2D eigenvalue weighted by atomic mass is 10.1. The molecule has 0 saturated heterocycles. The number of ether oxygens (including phenoxy) is 2. The molecule has 42 heavy (non-hydrogen) atoms. The predicted molar refractivity (Wildman–Crippen MR) is 152 cm³/mol. The van der Waals surface area contributed by atoms with Gasteiger partial charge in [0.05, 0.1) is 23.1 Å². The van der Waals surface area contributed by atoms with E-state index in [2.05, 4.69) is 16.0 Å². The number of alkyl carbamates (subject to hydrolysis) is 1. The summed E-state index contributed by atoms with van der Waals surface area (Å²) in [4.78, 5) is 50.4. The van der Waals surface area contributed by atoms with Gasteiger partial charge in [-0.05, 0) is 87.4 Å². The van der Waals surface area contributed by atoms with Gasteiger partial charge in [0.25, 0.3) is 11.8 Å². The molecule has 1 aromatic heterocycles. The number of thiophene rings is 1. The summed E-state index contributed by atoms with van der Waals surface area (Å²) in [5, 5.41) is 7.98. The summed E-state index contributed by atoms with van der Waals surface area (Å²) >= 11 is 1.15. The Bertz CT molecular complexity index is 1450. The molecule has 0 atom stereocenters. The number of carbonyl (C=O) groups excluding carboxylic acids is 4. The van der Waals surface area contributed by atoms with Crippen molar-refractivity contribution in [1.29, 1.82) is 0 Å². The number of methoxy groups -OCH3 is 1. The molecule has 1 heterocycles. The molecule has 0 aliphatic carbocycles. The molecule has 0 bridgehead atoms. The maximum atomic E-state index is 12.9. The van der Waals surface area contributed by atoms with Gasteiger partial charge in [-0.2, -0.15) is 13.2 Å². The van der Waals surface area contributed by atoms with Gasteiger partial charge in [0.2, 0.25) is 0 Å². The molecule has 0 fully saturated rings. The summed E-state index contributed by atoms with van der Waals surface area (Å²) < 4.78 is 48.5. The highest BCUT2D eigenvalue weighted by molar-refractivity contribution is 7.17. The van der Waals surface area contributed by atoms with Crippen LogP contribution in [-0.4, -0.2) is 49.7 Å². The second-order valence-electron chi connectivity index (χ2n) is 10.0. The number of hydrogen-bond donors (Lipinski definition) is 3. The van der Waals surface area contributed by atoms with Crippen molar-refractivity contribution in [3.8, 4) is 10.4 Å². The molecule has 3 aromatic rings. The van der Waals surface area contributed by atoms with Crippen LogP contribution in [0.5, 0.6) is 0 Å².